The molecular formula is C28H30F3N5O3. The zero-order valence-corrected chi connectivity index (χ0v) is 22.1. The lowest BCUT2D eigenvalue weighted by Gasteiger charge is -2.27. The summed E-state index contributed by atoms with van der Waals surface area (Å²) in [7, 11) is 0. The fourth-order valence-electron chi connectivity index (χ4n) is 4.24. The Labute approximate surface area is 223 Å². The van der Waals surface area contributed by atoms with E-state index in [1.807, 2.05) is 31.2 Å². The fraction of sp³-hybridized carbons (Fsp3) is 0.429. The third-order valence-corrected chi connectivity index (χ3v) is 6.68. The molecule has 0 spiro atoms. The number of benzene rings is 1. The molecule has 0 atom stereocenters. The Morgan fingerprint density at radius 1 is 1.13 bits per heavy atom. The molecule has 0 amide bonds. The number of carbonyl (C=O) groups excluding carboxylic acids is 1. The van der Waals surface area contributed by atoms with Gasteiger partial charge < -0.3 is 14.1 Å². The molecule has 1 aliphatic heterocycles. The molecule has 6 rings (SSSR count). The molecule has 206 valence electrons. The molecule has 0 radical (unpaired) electrons. The smallest absolute Gasteiger partial charge is 0.422 e. The molecule has 4 aromatic rings. The predicted octanol–water partition coefficient (Wildman–Crippen LogP) is 6.25. The zero-order chi connectivity index (χ0) is 27.7. The molecule has 4 heterocycles. The number of anilines is 1. The summed E-state index contributed by atoms with van der Waals surface area (Å²) in [6, 6.07) is 7.77. The highest BCUT2D eigenvalue weighted by Crippen LogP contribution is 2.42. The Hall–Kier alpha value is -3.73. The van der Waals surface area contributed by atoms with Crippen LogP contribution in [0.5, 0.6) is 0 Å². The summed E-state index contributed by atoms with van der Waals surface area (Å²) in [4.78, 5) is 22.9. The summed E-state index contributed by atoms with van der Waals surface area (Å²) in [5, 5.41) is 4.31. The predicted molar refractivity (Wildman–Crippen MR) is 140 cm³/mol. The summed E-state index contributed by atoms with van der Waals surface area (Å²) in [6.07, 6.45) is 1.23. The van der Waals surface area contributed by atoms with E-state index < -0.39 is 28.8 Å². The molecule has 8 nitrogen and oxygen atoms in total. The third kappa shape index (κ3) is 5.83. The van der Waals surface area contributed by atoms with Crippen LogP contribution in [0.15, 0.2) is 41.1 Å². The molecule has 3 aromatic heterocycles. The second-order valence-corrected chi connectivity index (χ2v) is 9.93. The monoisotopic (exact) mass is 541 g/mol. The van der Waals surface area contributed by atoms with Gasteiger partial charge in [0.2, 0.25) is 0 Å². The highest BCUT2D eigenvalue weighted by Gasteiger charge is 2.42. The molecule has 2 aliphatic rings. The van der Waals surface area contributed by atoms with Crippen molar-refractivity contribution in [1.29, 1.82) is 0 Å². The number of morpholine rings is 1. The van der Waals surface area contributed by atoms with Crippen LogP contribution in [0.4, 0.5) is 19.0 Å². The first-order valence-electron chi connectivity index (χ1n) is 13.1. The molecule has 2 fully saturated rings. The number of nitrogens with zero attached hydrogens (tertiary/aromatic N) is 5. The van der Waals surface area contributed by atoms with Crippen molar-refractivity contribution in [3.05, 3.63) is 53.5 Å². The summed E-state index contributed by atoms with van der Waals surface area (Å²) < 4.78 is 54.7. The minimum atomic E-state index is -4.85. The topological polar surface area (TPSA) is 86.3 Å². The van der Waals surface area contributed by atoms with E-state index >= 15 is 0 Å². The molecule has 1 saturated carbocycles. The van der Waals surface area contributed by atoms with Crippen LogP contribution in [0.3, 0.4) is 0 Å². The van der Waals surface area contributed by atoms with Crippen LogP contribution in [-0.4, -0.2) is 51.8 Å². The second-order valence-electron chi connectivity index (χ2n) is 9.93. The number of halogens is 3. The minimum Gasteiger partial charge on any atom is -0.447 e. The van der Waals surface area contributed by atoms with Crippen LogP contribution in [0, 0.1) is 12.8 Å². The number of hydrogen-bond donors (Lipinski definition) is 0. The number of rotatable bonds is 5. The number of hydrogen-bond acceptors (Lipinski definition) is 7. The van der Waals surface area contributed by atoms with Gasteiger partial charge in [-0.05, 0) is 18.4 Å². The lowest BCUT2D eigenvalue weighted by atomic mass is 10.1. The first-order valence-corrected chi connectivity index (χ1v) is 13.1. The Balaban J connectivity index is 0.000000707. The number of aromatic nitrogens is 4. The largest absolute Gasteiger partial charge is 0.447 e. The average Bonchev–Trinajstić information content (AvgIpc) is 3.39. The standard InChI is InChI=1S/C24H22F3N5O3.C4H8/c1-3-17(33)20-18(24(25,26)27)19-21(35-20)22(31-7-9-34-10-8-31)30-23(29-19)32-13-16(12-28-32)15-6-4-5-14(2)11-15;1-4-2-3-4/h4-6,11-13H,3,7-10H2,1-2H3;4H,2-3H2,1H3. The Bertz CT molecular complexity index is 1480. The van der Waals surface area contributed by atoms with Crippen LogP contribution in [0.1, 0.15) is 54.8 Å². The number of furan rings is 1. The molecule has 11 heteroatoms. The van der Waals surface area contributed by atoms with Crippen molar-refractivity contribution < 1.29 is 27.1 Å². The summed E-state index contributed by atoms with van der Waals surface area (Å²) in [5.41, 5.74) is 0.892. The first kappa shape index (κ1) is 26.9. The normalized spacial score (nSPS) is 15.8. The van der Waals surface area contributed by atoms with Crippen molar-refractivity contribution in [3.8, 4) is 17.1 Å². The van der Waals surface area contributed by atoms with Crippen LogP contribution in [0.25, 0.3) is 28.2 Å². The van der Waals surface area contributed by atoms with E-state index in [9.17, 15) is 18.0 Å². The van der Waals surface area contributed by atoms with Gasteiger partial charge >= 0.3 is 6.18 Å². The molecule has 1 saturated heterocycles. The first-order chi connectivity index (χ1) is 18.7. The molecule has 1 aliphatic carbocycles. The van der Waals surface area contributed by atoms with E-state index in [-0.39, 0.29) is 23.8 Å². The van der Waals surface area contributed by atoms with Crippen LogP contribution in [0.2, 0.25) is 0 Å². The van der Waals surface area contributed by atoms with Gasteiger partial charge in [0.25, 0.3) is 5.95 Å². The molecule has 0 N–H and O–H groups in total. The van der Waals surface area contributed by atoms with E-state index in [0.29, 0.717) is 26.3 Å². The van der Waals surface area contributed by atoms with Crippen molar-refractivity contribution >= 4 is 22.7 Å². The van der Waals surface area contributed by atoms with Crippen molar-refractivity contribution in [2.24, 2.45) is 5.92 Å². The van der Waals surface area contributed by atoms with Gasteiger partial charge in [-0.1, -0.05) is 56.5 Å². The molecule has 39 heavy (non-hydrogen) atoms. The second kappa shape index (κ2) is 10.8. The number of ether oxygens (including phenoxy) is 1. The Kier molecular flexibility index (Phi) is 7.44. The van der Waals surface area contributed by atoms with Crippen LogP contribution >= 0.6 is 0 Å². The van der Waals surface area contributed by atoms with Gasteiger partial charge in [-0.15, -0.1) is 0 Å². The van der Waals surface area contributed by atoms with E-state index in [0.717, 1.165) is 22.6 Å². The average molecular weight is 542 g/mol. The number of aryl methyl sites for hydroxylation is 1. The molecule has 0 unspecified atom stereocenters. The lowest BCUT2D eigenvalue weighted by Crippen LogP contribution is -2.37. The van der Waals surface area contributed by atoms with E-state index in [1.54, 1.807) is 17.3 Å². The zero-order valence-electron chi connectivity index (χ0n) is 22.1. The fourth-order valence-corrected chi connectivity index (χ4v) is 4.24. The molecule has 1 aromatic carbocycles. The van der Waals surface area contributed by atoms with Crippen LogP contribution < -0.4 is 4.90 Å². The quantitative estimate of drug-likeness (QED) is 0.276. The number of carbonyl (C=O) groups is 1. The number of fused-ring (bicyclic) bond motifs is 1. The highest BCUT2D eigenvalue weighted by molar-refractivity contribution is 6.01. The van der Waals surface area contributed by atoms with Crippen molar-refractivity contribution in [2.75, 3.05) is 31.2 Å². The van der Waals surface area contributed by atoms with Gasteiger partial charge in [-0.25, -0.2) is 9.67 Å². The van der Waals surface area contributed by atoms with E-state index in [2.05, 4.69) is 22.0 Å². The van der Waals surface area contributed by atoms with Gasteiger partial charge in [0.05, 0.1) is 19.4 Å². The van der Waals surface area contributed by atoms with E-state index in [1.165, 1.54) is 24.4 Å². The summed E-state index contributed by atoms with van der Waals surface area (Å²) >= 11 is 0. The maximum Gasteiger partial charge on any atom is 0.422 e. The lowest BCUT2D eigenvalue weighted by molar-refractivity contribution is -0.137. The van der Waals surface area contributed by atoms with Gasteiger partial charge in [0, 0.05) is 31.3 Å². The van der Waals surface area contributed by atoms with Gasteiger partial charge in [-0.2, -0.15) is 23.3 Å². The summed E-state index contributed by atoms with van der Waals surface area (Å²) in [5.74, 6) is -0.316. The van der Waals surface area contributed by atoms with E-state index in [4.69, 9.17) is 9.15 Å². The van der Waals surface area contributed by atoms with Crippen molar-refractivity contribution in [3.63, 3.8) is 0 Å². The minimum absolute atomic E-state index is 0.0558. The van der Waals surface area contributed by atoms with Gasteiger partial charge in [0.1, 0.15) is 11.1 Å². The summed E-state index contributed by atoms with van der Waals surface area (Å²) in [6.45, 7) is 7.29. The number of alkyl halides is 3. The number of Topliss-reactive ketones (excluding diaryl/α,β-unsaturated/α-hetero) is 1. The number of ketones is 1. The maximum absolute atomic E-state index is 14.2. The molecular weight excluding hydrogens is 511 g/mol. The Morgan fingerprint density at radius 3 is 2.46 bits per heavy atom. The van der Waals surface area contributed by atoms with Crippen molar-refractivity contribution in [2.45, 2.75) is 46.2 Å². The molecule has 0 bridgehead atoms. The van der Waals surface area contributed by atoms with Crippen molar-refractivity contribution in [1.82, 2.24) is 19.7 Å². The van der Waals surface area contributed by atoms with Gasteiger partial charge in [-0.3, -0.25) is 4.79 Å². The highest BCUT2D eigenvalue weighted by atomic mass is 19.4. The van der Waals surface area contributed by atoms with Crippen LogP contribution in [-0.2, 0) is 10.9 Å². The SMILES string of the molecule is CC1CC1.CCC(=O)c1oc2c(N3CCOCC3)nc(-n3cc(-c4cccc(C)c4)cn3)nc2c1C(F)(F)F. The maximum atomic E-state index is 14.2. The third-order valence-electron chi connectivity index (χ3n) is 6.68. The Morgan fingerprint density at radius 2 is 1.85 bits per heavy atom. The van der Waals surface area contributed by atoms with Gasteiger partial charge in [0.15, 0.2) is 22.9 Å².